The summed E-state index contributed by atoms with van der Waals surface area (Å²) in [5.74, 6) is 1.72. The third-order valence-electron chi connectivity index (χ3n) is 6.53. The van der Waals surface area contributed by atoms with Crippen molar-refractivity contribution < 1.29 is 22.8 Å². The second kappa shape index (κ2) is 7.54. The second-order valence-electron chi connectivity index (χ2n) is 8.96. The maximum atomic E-state index is 12.7. The summed E-state index contributed by atoms with van der Waals surface area (Å²) in [5, 5.41) is 8.33. The highest BCUT2D eigenvalue weighted by Crippen LogP contribution is 2.55. The highest BCUT2D eigenvalue weighted by atomic mass is 19.4. The van der Waals surface area contributed by atoms with Crippen molar-refractivity contribution in [2.45, 2.75) is 56.7 Å². The first-order valence-corrected chi connectivity index (χ1v) is 10.2. The molecule has 5 nitrogen and oxygen atoms in total. The van der Waals surface area contributed by atoms with E-state index in [1.807, 2.05) is 0 Å². The number of rotatable bonds is 5. The molecule has 0 unspecified atom stereocenters. The summed E-state index contributed by atoms with van der Waals surface area (Å²) in [5.41, 5.74) is -0.828. The largest absolute Gasteiger partial charge is 0.416 e. The van der Waals surface area contributed by atoms with Crippen LogP contribution in [0.25, 0.3) is 0 Å². The molecule has 0 heterocycles. The number of carbonyl (C=O) groups is 2. The lowest BCUT2D eigenvalue weighted by atomic mass is 9.53. The molecule has 3 amide bonds. The van der Waals surface area contributed by atoms with Crippen molar-refractivity contribution >= 4 is 17.6 Å². The first-order valence-electron chi connectivity index (χ1n) is 10.2. The van der Waals surface area contributed by atoms with Gasteiger partial charge in [-0.2, -0.15) is 13.2 Å². The molecule has 1 aromatic carbocycles. The van der Waals surface area contributed by atoms with E-state index in [1.54, 1.807) is 0 Å². The molecular weight excluding hydrogens is 383 g/mol. The normalized spacial score (nSPS) is 30.1. The SMILES string of the molecule is O=C(CCNC(=O)NC12CC3CC(CC(C3)C1)C2)Nc1cccc(C(F)(F)F)c1. The Morgan fingerprint density at radius 3 is 2.24 bits per heavy atom. The number of hydrogen-bond donors (Lipinski definition) is 3. The number of hydrogen-bond acceptors (Lipinski definition) is 2. The summed E-state index contributed by atoms with van der Waals surface area (Å²) in [6.45, 7) is 0.128. The van der Waals surface area contributed by atoms with Gasteiger partial charge in [-0.25, -0.2) is 4.79 Å². The molecule has 4 saturated carbocycles. The van der Waals surface area contributed by atoms with Gasteiger partial charge in [0.1, 0.15) is 0 Å². The van der Waals surface area contributed by atoms with Crippen LogP contribution in [0, 0.1) is 17.8 Å². The fraction of sp³-hybridized carbons (Fsp3) is 0.619. The van der Waals surface area contributed by atoms with Crippen molar-refractivity contribution in [3.05, 3.63) is 29.8 Å². The van der Waals surface area contributed by atoms with Crippen molar-refractivity contribution in [2.75, 3.05) is 11.9 Å². The van der Waals surface area contributed by atoms with E-state index >= 15 is 0 Å². The zero-order valence-electron chi connectivity index (χ0n) is 16.1. The van der Waals surface area contributed by atoms with Crippen LogP contribution in [-0.2, 0) is 11.0 Å². The average Bonchev–Trinajstić information content (AvgIpc) is 2.59. The fourth-order valence-corrected chi connectivity index (χ4v) is 5.84. The van der Waals surface area contributed by atoms with Crippen molar-refractivity contribution in [1.29, 1.82) is 0 Å². The Hall–Kier alpha value is -2.25. The van der Waals surface area contributed by atoms with E-state index in [9.17, 15) is 22.8 Å². The van der Waals surface area contributed by atoms with Crippen molar-refractivity contribution in [3.8, 4) is 0 Å². The monoisotopic (exact) mass is 409 g/mol. The van der Waals surface area contributed by atoms with E-state index in [4.69, 9.17) is 0 Å². The molecule has 4 fully saturated rings. The maximum absolute atomic E-state index is 12.7. The molecular formula is C21H26F3N3O2. The van der Waals surface area contributed by atoms with Crippen LogP contribution in [0.4, 0.5) is 23.7 Å². The van der Waals surface area contributed by atoms with E-state index in [-0.39, 0.29) is 30.2 Å². The smallest absolute Gasteiger partial charge is 0.338 e. The summed E-state index contributed by atoms with van der Waals surface area (Å²) in [6.07, 6.45) is 2.53. The third-order valence-corrected chi connectivity index (χ3v) is 6.53. The van der Waals surface area contributed by atoms with E-state index in [2.05, 4.69) is 16.0 Å². The molecule has 3 N–H and O–H groups in total. The molecule has 0 atom stereocenters. The van der Waals surface area contributed by atoms with Crippen LogP contribution in [0.5, 0.6) is 0 Å². The minimum Gasteiger partial charge on any atom is -0.338 e. The fourth-order valence-electron chi connectivity index (χ4n) is 5.84. The first kappa shape index (κ1) is 20.0. The van der Waals surface area contributed by atoms with Gasteiger partial charge in [0.15, 0.2) is 0 Å². The van der Waals surface area contributed by atoms with E-state index in [0.29, 0.717) is 0 Å². The lowest BCUT2D eigenvalue weighted by Crippen LogP contribution is -2.61. The quantitative estimate of drug-likeness (QED) is 0.679. The summed E-state index contributed by atoms with van der Waals surface area (Å²) in [4.78, 5) is 24.3. The predicted octanol–water partition coefficient (Wildman–Crippen LogP) is 4.30. The number of halogens is 3. The maximum Gasteiger partial charge on any atom is 0.416 e. The minimum atomic E-state index is -4.46. The van der Waals surface area contributed by atoms with Crippen LogP contribution in [0.3, 0.4) is 0 Å². The zero-order chi connectivity index (χ0) is 20.6. The van der Waals surface area contributed by atoms with Gasteiger partial charge >= 0.3 is 12.2 Å². The van der Waals surface area contributed by atoms with Gasteiger partial charge in [-0.1, -0.05) is 6.07 Å². The number of carbonyl (C=O) groups excluding carboxylic acids is 2. The summed E-state index contributed by atoms with van der Waals surface area (Å²) < 4.78 is 38.2. The molecule has 0 aromatic heterocycles. The van der Waals surface area contributed by atoms with E-state index < -0.39 is 17.6 Å². The number of anilines is 1. The standard InChI is InChI=1S/C21H26F3N3O2/c22-21(23,24)16-2-1-3-17(9-16)26-18(28)4-5-25-19(29)27-20-10-13-6-14(11-20)8-15(7-13)12-20/h1-3,9,13-15H,4-8,10-12H2,(H,26,28)(H2,25,27,29). The molecule has 29 heavy (non-hydrogen) atoms. The molecule has 4 bridgehead atoms. The van der Waals surface area contributed by atoms with Gasteiger partial charge in [-0.15, -0.1) is 0 Å². The van der Waals surface area contributed by atoms with E-state index in [0.717, 1.165) is 49.1 Å². The van der Waals surface area contributed by atoms with Gasteiger partial charge < -0.3 is 16.0 Å². The van der Waals surface area contributed by atoms with Gasteiger partial charge in [-0.3, -0.25) is 4.79 Å². The van der Waals surface area contributed by atoms with Crippen LogP contribution >= 0.6 is 0 Å². The minimum absolute atomic E-state index is 0.00938. The van der Waals surface area contributed by atoms with E-state index in [1.165, 1.54) is 31.4 Å². The molecule has 0 radical (unpaired) electrons. The molecule has 158 valence electrons. The van der Waals surface area contributed by atoms with Gasteiger partial charge in [0.2, 0.25) is 5.91 Å². The van der Waals surface area contributed by atoms with Gasteiger partial charge in [0.05, 0.1) is 5.56 Å². The highest BCUT2D eigenvalue weighted by Gasteiger charge is 2.51. The van der Waals surface area contributed by atoms with Crippen LogP contribution in [0.15, 0.2) is 24.3 Å². The summed E-state index contributed by atoms with van der Waals surface area (Å²) in [6, 6.07) is 4.23. The van der Waals surface area contributed by atoms with Crippen LogP contribution in [0.1, 0.15) is 50.5 Å². The number of benzene rings is 1. The topological polar surface area (TPSA) is 70.2 Å². The van der Waals surface area contributed by atoms with Gasteiger partial charge in [0.25, 0.3) is 0 Å². The first-order chi connectivity index (χ1) is 13.7. The molecule has 4 aliphatic rings. The number of amides is 3. The second-order valence-corrected chi connectivity index (χ2v) is 8.96. The number of nitrogens with one attached hydrogen (secondary N) is 3. The molecule has 0 saturated heterocycles. The summed E-state index contributed by atoms with van der Waals surface area (Å²) in [7, 11) is 0. The molecule has 5 rings (SSSR count). The van der Waals surface area contributed by atoms with Crippen LogP contribution in [-0.4, -0.2) is 24.0 Å². The Kier molecular flexibility index (Phi) is 5.21. The molecule has 0 spiro atoms. The molecule has 0 aliphatic heterocycles. The third kappa shape index (κ3) is 4.67. The number of alkyl halides is 3. The predicted molar refractivity (Wildman–Crippen MR) is 102 cm³/mol. The highest BCUT2D eigenvalue weighted by molar-refractivity contribution is 5.91. The summed E-state index contributed by atoms with van der Waals surface area (Å²) >= 11 is 0. The molecule has 4 aliphatic carbocycles. The zero-order valence-corrected chi connectivity index (χ0v) is 16.1. The average molecular weight is 409 g/mol. The number of urea groups is 1. The molecule has 8 heteroatoms. The van der Waals surface area contributed by atoms with Crippen molar-refractivity contribution in [3.63, 3.8) is 0 Å². The van der Waals surface area contributed by atoms with Crippen molar-refractivity contribution in [2.24, 2.45) is 17.8 Å². The van der Waals surface area contributed by atoms with Gasteiger partial charge in [0, 0.05) is 24.2 Å². The lowest BCUT2D eigenvalue weighted by molar-refractivity contribution is -0.137. The Balaban J connectivity index is 1.22. The lowest BCUT2D eigenvalue weighted by Gasteiger charge is -2.56. The molecule has 1 aromatic rings. The van der Waals surface area contributed by atoms with Crippen molar-refractivity contribution in [1.82, 2.24) is 10.6 Å². The Morgan fingerprint density at radius 1 is 1.03 bits per heavy atom. The van der Waals surface area contributed by atoms with Gasteiger partial charge in [-0.05, 0) is 74.5 Å². The Morgan fingerprint density at radius 2 is 1.66 bits per heavy atom. The van der Waals surface area contributed by atoms with Crippen LogP contribution in [0.2, 0.25) is 0 Å². The Labute approximate surface area is 167 Å². The Bertz CT molecular complexity index is 758. The van der Waals surface area contributed by atoms with Crippen LogP contribution < -0.4 is 16.0 Å².